The summed E-state index contributed by atoms with van der Waals surface area (Å²) in [6.07, 6.45) is 1.78. The van der Waals surface area contributed by atoms with Crippen LogP contribution in [0.15, 0.2) is 39.5 Å². The topological polar surface area (TPSA) is 48.0 Å². The van der Waals surface area contributed by atoms with Crippen molar-refractivity contribution in [3.8, 4) is 5.69 Å². The third-order valence-corrected chi connectivity index (χ3v) is 3.64. The smallest absolute Gasteiger partial charge is 0.337 e. The molecule has 0 unspecified atom stereocenters. The van der Waals surface area contributed by atoms with E-state index in [9.17, 15) is 4.79 Å². The van der Waals surface area contributed by atoms with Crippen LogP contribution in [0.5, 0.6) is 0 Å². The second kappa shape index (κ2) is 5.37. The van der Waals surface area contributed by atoms with Crippen molar-refractivity contribution in [1.29, 1.82) is 0 Å². The molecule has 5 heteroatoms. The van der Waals surface area contributed by atoms with Gasteiger partial charge in [0.25, 0.3) is 0 Å². The molecule has 0 bridgehead atoms. The Kier molecular flexibility index (Phi) is 3.55. The van der Waals surface area contributed by atoms with Crippen LogP contribution in [-0.4, -0.2) is 9.78 Å². The number of hydrogen-bond acceptors (Lipinski definition) is 3. The monoisotopic (exact) mass is 302 g/mol. The predicted molar refractivity (Wildman–Crippen MR) is 83.3 cm³/mol. The van der Waals surface area contributed by atoms with Crippen LogP contribution >= 0.6 is 11.6 Å². The molecule has 0 aliphatic carbocycles. The highest BCUT2D eigenvalue weighted by molar-refractivity contribution is 6.30. The van der Waals surface area contributed by atoms with Crippen LogP contribution in [0.3, 0.4) is 0 Å². The van der Waals surface area contributed by atoms with Gasteiger partial charge in [-0.1, -0.05) is 31.0 Å². The highest BCUT2D eigenvalue weighted by atomic mass is 35.5. The zero-order valence-electron chi connectivity index (χ0n) is 11.9. The van der Waals surface area contributed by atoms with Crippen LogP contribution in [0.4, 0.5) is 0 Å². The Bertz CT molecular complexity index is 864. The third kappa shape index (κ3) is 2.47. The van der Waals surface area contributed by atoms with Gasteiger partial charge < -0.3 is 4.42 Å². The lowest BCUT2D eigenvalue weighted by Gasteiger charge is -2.04. The van der Waals surface area contributed by atoms with Crippen LogP contribution in [0.1, 0.15) is 24.6 Å². The summed E-state index contributed by atoms with van der Waals surface area (Å²) in [6, 6.07) is 8.86. The number of benzene rings is 1. The summed E-state index contributed by atoms with van der Waals surface area (Å²) in [5, 5.41) is 6.04. The fourth-order valence-electron chi connectivity index (χ4n) is 2.56. The van der Waals surface area contributed by atoms with E-state index in [1.165, 1.54) is 0 Å². The molecule has 0 radical (unpaired) electrons. The number of rotatable bonds is 3. The normalized spacial score (nSPS) is 11.2. The molecule has 21 heavy (non-hydrogen) atoms. The summed E-state index contributed by atoms with van der Waals surface area (Å²) in [6.45, 7) is 4.00. The van der Waals surface area contributed by atoms with Gasteiger partial charge in [0.15, 0.2) is 0 Å². The van der Waals surface area contributed by atoms with Crippen LogP contribution in [-0.2, 0) is 6.42 Å². The van der Waals surface area contributed by atoms with Gasteiger partial charge in [0, 0.05) is 11.1 Å². The van der Waals surface area contributed by atoms with E-state index in [1.54, 1.807) is 22.9 Å². The van der Waals surface area contributed by atoms with E-state index in [-0.39, 0.29) is 5.63 Å². The summed E-state index contributed by atoms with van der Waals surface area (Å²) in [7, 11) is 0. The molecule has 0 aliphatic heterocycles. The molecule has 1 aromatic carbocycles. The highest BCUT2D eigenvalue weighted by Gasteiger charge is 2.16. The van der Waals surface area contributed by atoms with Crippen molar-refractivity contribution in [3.05, 3.63) is 57.0 Å². The number of fused-ring (bicyclic) bond motifs is 1. The van der Waals surface area contributed by atoms with E-state index < -0.39 is 0 Å². The first-order valence-corrected chi connectivity index (χ1v) is 7.26. The zero-order chi connectivity index (χ0) is 15.0. The first kappa shape index (κ1) is 13.9. The zero-order valence-corrected chi connectivity index (χ0v) is 12.6. The van der Waals surface area contributed by atoms with Gasteiger partial charge in [-0.05, 0) is 37.1 Å². The van der Waals surface area contributed by atoms with E-state index in [4.69, 9.17) is 16.0 Å². The van der Waals surface area contributed by atoms with Gasteiger partial charge in [-0.25, -0.2) is 4.79 Å². The maximum absolute atomic E-state index is 11.8. The van der Waals surface area contributed by atoms with Crippen LogP contribution < -0.4 is 5.63 Å². The molecule has 0 fully saturated rings. The lowest BCUT2D eigenvalue weighted by atomic mass is 10.1. The van der Waals surface area contributed by atoms with Gasteiger partial charge in [-0.3, -0.25) is 0 Å². The number of aryl methyl sites for hydroxylation is 2. The Morgan fingerprint density at radius 3 is 2.86 bits per heavy atom. The van der Waals surface area contributed by atoms with E-state index in [1.807, 2.05) is 19.1 Å². The average molecular weight is 303 g/mol. The number of nitrogens with zero attached hydrogens (tertiary/aromatic N) is 2. The standard InChI is InChI=1S/C16H15ClN2O2/c1-3-5-11-8-14(20)21-16-15(11)10(2)18-19(16)13-7-4-6-12(17)9-13/h4,6-9H,3,5H2,1-2H3. The summed E-state index contributed by atoms with van der Waals surface area (Å²) in [5.41, 5.74) is 2.73. The first-order valence-electron chi connectivity index (χ1n) is 6.88. The average Bonchev–Trinajstić information content (AvgIpc) is 2.76. The van der Waals surface area contributed by atoms with Crippen molar-refractivity contribution in [2.24, 2.45) is 0 Å². The number of aromatic nitrogens is 2. The van der Waals surface area contributed by atoms with Gasteiger partial charge in [0.05, 0.1) is 16.8 Å². The predicted octanol–water partition coefficient (Wildman–Crippen LogP) is 3.89. The van der Waals surface area contributed by atoms with Crippen molar-refractivity contribution < 1.29 is 4.42 Å². The van der Waals surface area contributed by atoms with Crippen LogP contribution in [0, 0.1) is 6.92 Å². The Hall–Kier alpha value is -2.07. The molecule has 0 spiro atoms. The molecule has 0 saturated heterocycles. The van der Waals surface area contributed by atoms with E-state index in [0.717, 1.165) is 35.2 Å². The van der Waals surface area contributed by atoms with E-state index >= 15 is 0 Å². The van der Waals surface area contributed by atoms with Crippen molar-refractivity contribution in [2.45, 2.75) is 26.7 Å². The highest BCUT2D eigenvalue weighted by Crippen LogP contribution is 2.25. The van der Waals surface area contributed by atoms with Gasteiger partial charge in [0.1, 0.15) is 0 Å². The Labute approximate surface area is 127 Å². The lowest BCUT2D eigenvalue weighted by Crippen LogP contribution is -2.03. The minimum atomic E-state index is -0.353. The van der Waals surface area contributed by atoms with Crippen molar-refractivity contribution in [2.75, 3.05) is 0 Å². The summed E-state index contributed by atoms with van der Waals surface area (Å²) in [5.74, 6) is 0. The van der Waals surface area contributed by atoms with E-state index in [0.29, 0.717) is 10.7 Å². The molecule has 0 N–H and O–H groups in total. The molecule has 108 valence electrons. The van der Waals surface area contributed by atoms with Gasteiger partial charge in [-0.15, -0.1) is 0 Å². The second-order valence-corrected chi connectivity index (χ2v) is 5.43. The minimum absolute atomic E-state index is 0.353. The van der Waals surface area contributed by atoms with Crippen molar-refractivity contribution in [1.82, 2.24) is 9.78 Å². The number of hydrogen-bond donors (Lipinski definition) is 0. The summed E-state index contributed by atoms with van der Waals surface area (Å²) < 4.78 is 7.03. The van der Waals surface area contributed by atoms with Crippen LogP contribution in [0.25, 0.3) is 16.8 Å². The molecule has 3 aromatic rings. The summed E-state index contributed by atoms with van der Waals surface area (Å²) in [4.78, 5) is 11.8. The molecule has 2 heterocycles. The Balaban J connectivity index is 2.33. The Morgan fingerprint density at radius 1 is 1.33 bits per heavy atom. The molecule has 0 aliphatic rings. The third-order valence-electron chi connectivity index (χ3n) is 3.40. The summed E-state index contributed by atoms with van der Waals surface area (Å²) >= 11 is 6.03. The second-order valence-electron chi connectivity index (χ2n) is 5.00. The molecule has 2 aromatic heterocycles. The fourth-order valence-corrected chi connectivity index (χ4v) is 2.74. The quantitative estimate of drug-likeness (QED) is 0.737. The SMILES string of the molecule is CCCc1cc(=O)oc2c1c(C)nn2-c1cccc(Cl)c1. The first-order chi connectivity index (χ1) is 10.1. The van der Waals surface area contributed by atoms with E-state index in [2.05, 4.69) is 12.0 Å². The molecule has 0 atom stereocenters. The molecule has 4 nitrogen and oxygen atoms in total. The Morgan fingerprint density at radius 2 is 2.14 bits per heavy atom. The van der Waals surface area contributed by atoms with Gasteiger partial charge in [-0.2, -0.15) is 9.78 Å². The molecule has 3 rings (SSSR count). The van der Waals surface area contributed by atoms with Gasteiger partial charge >= 0.3 is 5.63 Å². The lowest BCUT2D eigenvalue weighted by molar-refractivity contribution is 0.533. The molecule has 0 amide bonds. The molecular formula is C16H15ClN2O2. The largest absolute Gasteiger partial charge is 0.403 e. The minimum Gasteiger partial charge on any atom is -0.403 e. The van der Waals surface area contributed by atoms with Gasteiger partial charge in [0.2, 0.25) is 5.71 Å². The maximum atomic E-state index is 11.8. The maximum Gasteiger partial charge on any atom is 0.337 e. The molecule has 0 saturated carbocycles. The fraction of sp³-hybridized carbons (Fsp3) is 0.250. The molecular weight excluding hydrogens is 288 g/mol. The van der Waals surface area contributed by atoms with Crippen molar-refractivity contribution in [3.63, 3.8) is 0 Å². The van der Waals surface area contributed by atoms with Crippen LogP contribution in [0.2, 0.25) is 5.02 Å². The van der Waals surface area contributed by atoms with Crippen molar-refractivity contribution >= 4 is 22.7 Å². The number of halogens is 1.